The number of fused-ring (bicyclic) bond motifs is 1. The molecule has 0 atom stereocenters. The van der Waals surface area contributed by atoms with Crippen molar-refractivity contribution in [2.75, 3.05) is 12.8 Å². The van der Waals surface area contributed by atoms with Gasteiger partial charge in [0.1, 0.15) is 16.5 Å². The number of rotatable bonds is 1. The summed E-state index contributed by atoms with van der Waals surface area (Å²) >= 11 is 11.6. The van der Waals surface area contributed by atoms with E-state index in [9.17, 15) is 4.79 Å². The SMILES string of the molecule is COC(=O)c1cc(Cl)c(N)n2cc(Cl)nc12. The van der Waals surface area contributed by atoms with Gasteiger partial charge >= 0.3 is 5.97 Å². The third-order valence-electron chi connectivity index (χ3n) is 2.10. The fraction of sp³-hybridized carbons (Fsp3) is 0.111. The number of imidazole rings is 1. The van der Waals surface area contributed by atoms with Crippen molar-refractivity contribution in [3.63, 3.8) is 0 Å². The average Bonchev–Trinajstić information content (AvgIpc) is 2.64. The van der Waals surface area contributed by atoms with Gasteiger partial charge in [0, 0.05) is 6.20 Å². The molecule has 0 unspecified atom stereocenters. The number of hydrogen-bond acceptors (Lipinski definition) is 4. The maximum Gasteiger partial charge on any atom is 0.341 e. The molecule has 0 aromatic carbocycles. The maximum atomic E-state index is 11.5. The van der Waals surface area contributed by atoms with E-state index in [-0.39, 0.29) is 21.6 Å². The zero-order valence-corrected chi connectivity index (χ0v) is 9.71. The first-order chi connectivity index (χ1) is 7.54. The van der Waals surface area contributed by atoms with Crippen molar-refractivity contribution in [3.8, 4) is 0 Å². The van der Waals surface area contributed by atoms with Gasteiger partial charge in [-0.15, -0.1) is 0 Å². The number of carbonyl (C=O) groups excluding carboxylic acids is 1. The Labute approximate surface area is 101 Å². The normalized spacial score (nSPS) is 10.7. The minimum absolute atomic E-state index is 0.216. The van der Waals surface area contributed by atoms with Gasteiger partial charge in [-0.2, -0.15) is 0 Å². The van der Waals surface area contributed by atoms with Crippen molar-refractivity contribution >= 4 is 40.6 Å². The van der Waals surface area contributed by atoms with E-state index in [0.29, 0.717) is 5.65 Å². The van der Waals surface area contributed by atoms with Crippen LogP contribution in [0.15, 0.2) is 12.3 Å². The van der Waals surface area contributed by atoms with Gasteiger partial charge in [0.05, 0.1) is 12.1 Å². The molecule has 0 amide bonds. The number of esters is 1. The lowest BCUT2D eigenvalue weighted by Gasteiger charge is -2.06. The highest BCUT2D eigenvalue weighted by molar-refractivity contribution is 6.33. The average molecular weight is 260 g/mol. The number of nitrogen functional groups attached to an aromatic ring is 1. The molecule has 2 N–H and O–H groups in total. The molecule has 0 aliphatic rings. The van der Waals surface area contributed by atoms with Crippen molar-refractivity contribution in [1.29, 1.82) is 0 Å². The second-order valence-electron chi connectivity index (χ2n) is 3.04. The molecule has 0 saturated carbocycles. The van der Waals surface area contributed by atoms with Crippen LogP contribution in [0.25, 0.3) is 5.65 Å². The van der Waals surface area contributed by atoms with Crippen molar-refractivity contribution < 1.29 is 9.53 Å². The summed E-state index contributed by atoms with van der Waals surface area (Å²) in [5.74, 6) is -0.280. The van der Waals surface area contributed by atoms with E-state index in [1.165, 1.54) is 23.8 Å². The predicted molar refractivity (Wildman–Crippen MR) is 61.0 cm³/mol. The molecule has 2 aromatic heterocycles. The van der Waals surface area contributed by atoms with Crippen LogP contribution in [0.2, 0.25) is 10.2 Å². The maximum absolute atomic E-state index is 11.5. The van der Waals surface area contributed by atoms with E-state index in [2.05, 4.69) is 9.72 Å². The smallest absolute Gasteiger partial charge is 0.341 e. The molecule has 0 saturated heterocycles. The van der Waals surface area contributed by atoms with Crippen LogP contribution in [0.1, 0.15) is 10.4 Å². The molecular formula is C9H7Cl2N3O2. The predicted octanol–water partition coefficient (Wildman–Crippen LogP) is 2.01. The number of nitrogens with two attached hydrogens (primary N) is 1. The van der Waals surface area contributed by atoms with E-state index >= 15 is 0 Å². The topological polar surface area (TPSA) is 69.6 Å². The largest absolute Gasteiger partial charge is 0.465 e. The monoisotopic (exact) mass is 259 g/mol. The van der Waals surface area contributed by atoms with Crippen molar-refractivity contribution in [2.45, 2.75) is 0 Å². The summed E-state index contributed by atoms with van der Waals surface area (Å²) in [7, 11) is 1.27. The highest BCUT2D eigenvalue weighted by Crippen LogP contribution is 2.26. The van der Waals surface area contributed by atoms with E-state index in [1.54, 1.807) is 0 Å². The Morgan fingerprint density at radius 3 is 2.88 bits per heavy atom. The summed E-state index contributed by atoms with van der Waals surface area (Å²) in [6, 6.07) is 1.40. The third-order valence-corrected chi connectivity index (χ3v) is 2.58. The van der Waals surface area contributed by atoms with Crippen LogP contribution in [-0.2, 0) is 4.74 Å². The fourth-order valence-electron chi connectivity index (χ4n) is 1.37. The van der Waals surface area contributed by atoms with Crippen LogP contribution in [0, 0.1) is 0 Å². The quantitative estimate of drug-likeness (QED) is 0.796. The first-order valence-corrected chi connectivity index (χ1v) is 5.01. The van der Waals surface area contributed by atoms with Gasteiger partial charge in [-0.3, -0.25) is 4.40 Å². The fourth-order valence-corrected chi connectivity index (χ4v) is 1.74. The summed E-state index contributed by atoms with van der Waals surface area (Å²) in [6.45, 7) is 0. The van der Waals surface area contributed by atoms with Crippen molar-refractivity contribution in [3.05, 3.63) is 28.0 Å². The highest BCUT2D eigenvalue weighted by atomic mass is 35.5. The number of aromatic nitrogens is 2. The first kappa shape index (κ1) is 11.0. The van der Waals surface area contributed by atoms with Crippen molar-refractivity contribution in [1.82, 2.24) is 9.38 Å². The van der Waals surface area contributed by atoms with Gasteiger partial charge in [-0.25, -0.2) is 9.78 Å². The van der Waals surface area contributed by atoms with Crippen LogP contribution in [0.4, 0.5) is 5.82 Å². The molecule has 2 aromatic rings. The van der Waals surface area contributed by atoms with Crippen LogP contribution in [0.3, 0.4) is 0 Å². The van der Waals surface area contributed by atoms with Gasteiger partial charge in [0.15, 0.2) is 5.65 Å². The van der Waals surface area contributed by atoms with Gasteiger partial charge in [0.25, 0.3) is 0 Å². The Kier molecular flexibility index (Phi) is 2.65. The van der Waals surface area contributed by atoms with Gasteiger partial charge in [-0.1, -0.05) is 23.2 Å². The Hall–Kier alpha value is -1.46. The Morgan fingerprint density at radius 2 is 2.25 bits per heavy atom. The number of pyridine rings is 1. The van der Waals surface area contributed by atoms with Gasteiger partial charge in [-0.05, 0) is 6.07 Å². The van der Waals surface area contributed by atoms with Crippen LogP contribution < -0.4 is 5.73 Å². The standard InChI is InChI=1S/C9H7Cl2N3O2/c1-16-9(15)4-2-5(10)7(12)14-3-6(11)13-8(4)14/h2-3H,12H2,1H3. The molecule has 0 aliphatic carbocycles. The molecule has 0 fully saturated rings. The van der Waals surface area contributed by atoms with E-state index in [0.717, 1.165) is 0 Å². The lowest BCUT2D eigenvalue weighted by Crippen LogP contribution is -2.07. The summed E-state index contributed by atoms with van der Waals surface area (Å²) in [5.41, 5.74) is 6.26. The molecule has 2 heterocycles. The lowest BCUT2D eigenvalue weighted by molar-refractivity contribution is 0.0602. The molecule has 2 rings (SSSR count). The summed E-state index contributed by atoms with van der Waals surface area (Å²) in [6.07, 6.45) is 1.48. The molecule has 7 heteroatoms. The molecule has 0 bridgehead atoms. The first-order valence-electron chi connectivity index (χ1n) is 4.25. The van der Waals surface area contributed by atoms with Gasteiger partial charge in [0.2, 0.25) is 0 Å². The number of methoxy groups -OCH3 is 1. The number of anilines is 1. The molecule has 0 radical (unpaired) electrons. The Balaban J connectivity index is 2.84. The minimum Gasteiger partial charge on any atom is -0.465 e. The molecule has 16 heavy (non-hydrogen) atoms. The summed E-state index contributed by atoms with van der Waals surface area (Å²) in [4.78, 5) is 15.5. The Morgan fingerprint density at radius 1 is 1.56 bits per heavy atom. The zero-order valence-electron chi connectivity index (χ0n) is 8.20. The van der Waals surface area contributed by atoms with Crippen molar-refractivity contribution in [2.24, 2.45) is 0 Å². The van der Waals surface area contributed by atoms with E-state index in [1.807, 2.05) is 0 Å². The highest BCUT2D eigenvalue weighted by Gasteiger charge is 2.17. The molecular weight excluding hydrogens is 253 g/mol. The molecule has 84 valence electrons. The summed E-state index contributed by atoms with van der Waals surface area (Å²) in [5, 5.41) is 0.459. The number of carbonyl (C=O) groups is 1. The zero-order chi connectivity index (χ0) is 11.9. The van der Waals surface area contributed by atoms with E-state index in [4.69, 9.17) is 28.9 Å². The summed E-state index contributed by atoms with van der Waals surface area (Å²) < 4.78 is 6.06. The minimum atomic E-state index is -0.547. The Bertz CT molecular complexity index is 580. The van der Waals surface area contributed by atoms with Crippen LogP contribution >= 0.6 is 23.2 Å². The molecule has 0 spiro atoms. The number of hydrogen-bond donors (Lipinski definition) is 1. The van der Waals surface area contributed by atoms with Crippen LogP contribution in [-0.4, -0.2) is 22.5 Å². The second kappa shape index (κ2) is 3.84. The number of halogens is 2. The molecule has 5 nitrogen and oxygen atoms in total. The lowest BCUT2D eigenvalue weighted by atomic mass is 10.2. The number of nitrogens with zero attached hydrogens (tertiary/aromatic N) is 2. The van der Waals surface area contributed by atoms with Crippen LogP contribution in [0.5, 0.6) is 0 Å². The number of ether oxygens (including phenoxy) is 1. The third kappa shape index (κ3) is 1.58. The molecule has 0 aliphatic heterocycles. The van der Waals surface area contributed by atoms with Gasteiger partial charge < -0.3 is 10.5 Å². The second-order valence-corrected chi connectivity index (χ2v) is 3.83. The van der Waals surface area contributed by atoms with E-state index < -0.39 is 5.97 Å².